The molecule has 0 radical (unpaired) electrons. The second-order valence-corrected chi connectivity index (χ2v) is 3.00. The lowest BCUT2D eigenvalue weighted by molar-refractivity contribution is 0.0905. The van der Waals surface area contributed by atoms with Crippen molar-refractivity contribution in [2.24, 2.45) is 0 Å². The first-order valence-electron chi connectivity index (χ1n) is 4.27. The summed E-state index contributed by atoms with van der Waals surface area (Å²) < 4.78 is 4.86. The van der Waals surface area contributed by atoms with E-state index in [1.807, 2.05) is 0 Å². The topological polar surface area (TPSA) is 67.2 Å². The van der Waals surface area contributed by atoms with E-state index in [4.69, 9.17) is 4.42 Å². The maximum atomic E-state index is 11.4. The fourth-order valence-electron chi connectivity index (χ4n) is 1.36. The zero-order valence-electron chi connectivity index (χ0n) is 7.12. The molecular weight excluding hydrogens is 170 g/mol. The highest BCUT2D eigenvalue weighted by molar-refractivity contribution is 5.89. The van der Waals surface area contributed by atoms with Gasteiger partial charge in [0.25, 0.3) is 5.89 Å². The van der Waals surface area contributed by atoms with Crippen LogP contribution in [0.2, 0.25) is 0 Å². The fraction of sp³-hybridized carbons (Fsp3) is 0.500. The number of oxazole rings is 1. The molecular formula is C8H11N3O2. The summed E-state index contributed by atoms with van der Waals surface area (Å²) in [4.78, 5) is 15.1. The third-order valence-electron chi connectivity index (χ3n) is 2.02. The zero-order valence-corrected chi connectivity index (χ0v) is 7.12. The Morgan fingerprint density at radius 3 is 3.31 bits per heavy atom. The van der Waals surface area contributed by atoms with Crippen LogP contribution in [-0.2, 0) is 0 Å². The summed E-state index contributed by atoms with van der Waals surface area (Å²) in [7, 11) is 0. The van der Waals surface area contributed by atoms with Crippen molar-refractivity contribution in [3.05, 3.63) is 18.4 Å². The van der Waals surface area contributed by atoms with E-state index in [2.05, 4.69) is 15.6 Å². The van der Waals surface area contributed by atoms with Gasteiger partial charge < -0.3 is 15.1 Å². The average Bonchev–Trinajstić information content (AvgIpc) is 2.74. The molecule has 1 saturated heterocycles. The smallest absolute Gasteiger partial charge is 0.307 e. The summed E-state index contributed by atoms with van der Waals surface area (Å²) in [6.45, 7) is 1.78. The van der Waals surface area contributed by atoms with Gasteiger partial charge in [-0.3, -0.25) is 4.79 Å². The predicted octanol–water partition coefficient (Wildman–Crippen LogP) is -0.234. The maximum absolute atomic E-state index is 11.4. The summed E-state index contributed by atoms with van der Waals surface area (Å²) in [5.74, 6) is -0.106. The molecule has 1 aromatic heterocycles. The molecule has 1 amide bonds. The molecule has 1 aliphatic heterocycles. The minimum Gasteiger partial charge on any atom is -0.441 e. The normalized spacial score (nSPS) is 21.7. The Kier molecular flexibility index (Phi) is 2.27. The molecule has 13 heavy (non-hydrogen) atoms. The zero-order chi connectivity index (χ0) is 9.10. The van der Waals surface area contributed by atoms with Crippen molar-refractivity contribution in [2.45, 2.75) is 12.5 Å². The highest BCUT2D eigenvalue weighted by atomic mass is 16.3. The Labute approximate surface area is 75.5 Å². The van der Waals surface area contributed by atoms with Crippen LogP contribution < -0.4 is 10.6 Å². The molecule has 5 heteroatoms. The lowest BCUT2D eigenvalue weighted by Gasteiger charge is -2.08. The number of amides is 1. The van der Waals surface area contributed by atoms with Crippen LogP contribution in [0.5, 0.6) is 0 Å². The fourth-order valence-corrected chi connectivity index (χ4v) is 1.36. The Bertz CT molecular complexity index is 278. The molecule has 1 aromatic rings. The van der Waals surface area contributed by atoms with Gasteiger partial charge in [0.1, 0.15) is 6.26 Å². The number of rotatable bonds is 2. The molecule has 2 heterocycles. The summed E-state index contributed by atoms with van der Waals surface area (Å²) in [5, 5.41) is 5.98. The summed E-state index contributed by atoms with van der Waals surface area (Å²) in [5.41, 5.74) is 0. The van der Waals surface area contributed by atoms with Gasteiger partial charge in [-0.05, 0) is 13.0 Å². The van der Waals surface area contributed by atoms with Gasteiger partial charge in [-0.2, -0.15) is 0 Å². The van der Waals surface area contributed by atoms with E-state index >= 15 is 0 Å². The van der Waals surface area contributed by atoms with Crippen molar-refractivity contribution in [1.82, 2.24) is 15.6 Å². The lowest BCUT2D eigenvalue weighted by Crippen LogP contribution is -2.36. The van der Waals surface area contributed by atoms with Crippen LogP contribution in [0.4, 0.5) is 0 Å². The minimum atomic E-state index is -0.237. The molecule has 0 aliphatic carbocycles. The molecule has 70 valence electrons. The summed E-state index contributed by atoms with van der Waals surface area (Å²) in [6.07, 6.45) is 3.82. The quantitative estimate of drug-likeness (QED) is 0.661. The maximum Gasteiger partial charge on any atom is 0.307 e. The molecule has 5 nitrogen and oxygen atoms in total. The van der Waals surface area contributed by atoms with Crippen molar-refractivity contribution in [2.75, 3.05) is 13.1 Å². The van der Waals surface area contributed by atoms with E-state index in [-0.39, 0.29) is 17.8 Å². The van der Waals surface area contributed by atoms with Gasteiger partial charge in [0.05, 0.1) is 6.20 Å². The highest BCUT2D eigenvalue weighted by Crippen LogP contribution is 2.00. The van der Waals surface area contributed by atoms with Crippen molar-refractivity contribution in [3.8, 4) is 0 Å². The number of hydrogen-bond donors (Lipinski definition) is 2. The Hall–Kier alpha value is -1.36. The van der Waals surface area contributed by atoms with Crippen LogP contribution in [0, 0.1) is 0 Å². The molecule has 0 saturated carbocycles. The van der Waals surface area contributed by atoms with E-state index in [9.17, 15) is 4.79 Å². The molecule has 1 atom stereocenters. The van der Waals surface area contributed by atoms with Crippen LogP contribution in [0.25, 0.3) is 0 Å². The van der Waals surface area contributed by atoms with Crippen LogP contribution in [0.3, 0.4) is 0 Å². The first kappa shape index (κ1) is 8.25. The van der Waals surface area contributed by atoms with Gasteiger partial charge in [-0.1, -0.05) is 0 Å². The summed E-state index contributed by atoms with van der Waals surface area (Å²) >= 11 is 0. The number of carbonyl (C=O) groups is 1. The molecule has 2 N–H and O–H groups in total. The first-order chi connectivity index (χ1) is 6.36. The Balaban J connectivity index is 1.91. The summed E-state index contributed by atoms with van der Waals surface area (Å²) in [6, 6.07) is 0.208. The van der Waals surface area contributed by atoms with Crippen molar-refractivity contribution in [3.63, 3.8) is 0 Å². The number of hydrogen-bond acceptors (Lipinski definition) is 4. The molecule has 1 fully saturated rings. The monoisotopic (exact) mass is 181 g/mol. The molecule has 0 aromatic carbocycles. The van der Waals surface area contributed by atoms with Crippen molar-refractivity contribution in [1.29, 1.82) is 0 Å². The van der Waals surface area contributed by atoms with Gasteiger partial charge in [-0.15, -0.1) is 0 Å². The van der Waals surface area contributed by atoms with E-state index in [1.165, 1.54) is 12.5 Å². The van der Waals surface area contributed by atoms with Crippen LogP contribution in [-0.4, -0.2) is 30.0 Å². The van der Waals surface area contributed by atoms with Gasteiger partial charge in [-0.25, -0.2) is 4.98 Å². The van der Waals surface area contributed by atoms with Gasteiger partial charge in [0.2, 0.25) is 0 Å². The van der Waals surface area contributed by atoms with Gasteiger partial charge in [0.15, 0.2) is 0 Å². The van der Waals surface area contributed by atoms with E-state index in [0.29, 0.717) is 0 Å². The first-order valence-corrected chi connectivity index (χ1v) is 4.27. The second kappa shape index (κ2) is 3.57. The van der Waals surface area contributed by atoms with Gasteiger partial charge in [0, 0.05) is 12.6 Å². The molecule has 1 aliphatic rings. The molecule has 0 bridgehead atoms. The third kappa shape index (κ3) is 1.86. The van der Waals surface area contributed by atoms with Crippen LogP contribution in [0.1, 0.15) is 17.1 Å². The second-order valence-electron chi connectivity index (χ2n) is 3.00. The largest absolute Gasteiger partial charge is 0.441 e. The minimum absolute atomic E-state index is 0.131. The van der Waals surface area contributed by atoms with Crippen LogP contribution in [0.15, 0.2) is 16.9 Å². The Morgan fingerprint density at radius 1 is 1.77 bits per heavy atom. The van der Waals surface area contributed by atoms with Crippen molar-refractivity contribution >= 4 is 5.91 Å². The van der Waals surface area contributed by atoms with E-state index < -0.39 is 0 Å². The highest BCUT2D eigenvalue weighted by Gasteiger charge is 2.19. The standard InChI is InChI=1S/C8H11N3O2/c12-7(8-10-3-4-13-8)11-6-1-2-9-5-6/h3-4,6,9H,1-2,5H2,(H,11,12). The predicted molar refractivity (Wildman–Crippen MR) is 45.2 cm³/mol. The lowest BCUT2D eigenvalue weighted by atomic mass is 10.2. The Morgan fingerprint density at radius 2 is 2.69 bits per heavy atom. The number of aromatic nitrogens is 1. The van der Waals surface area contributed by atoms with Crippen molar-refractivity contribution < 1.29 is 9.21 Å². The van der Waals surface area contributed by atoms with Crippen LogP contribution >= 0.6 is 0 Å². The number of nitrogens with one attached hydrogen (secondary N) is 2. The molecule has 2 rings (SSSR count). The molecule has 0 spiro atoms. The number of carbonyl (C=O) groups excluding carboxylic acids is 1. The van der Waals surface area contributed by atoms with E-state index in [1.54, 1.807) is 0 Å². The number of nitrogens with zero attached hydrogens (tertiary/aromatic N) is 1. The van der Waals surface area contributed by atoms with E-state index in [0.717, 1.165) is 19.5 Å². The van der Waals surface area contributed by atoms with Gasteiger partial charge >= 0.3 is 5.91 Å². The third-order valence-corrected chi connectivity index (χ3v) is 2.02. The average molecular weight is 181 g/mol. The molecule has 1 unspecified atom stereocenters. The SMILES string of the molecule is O=C(NC1CCNC1)c1ncco1.